The first-order chi connectivity index (χ1) is 6.97. The Morgan fingerprint density at radius 2 is 2.18 bits per heavy atom. The normalized spacial score (nSPS) is 8.47. The summed E-state index contributed by atoms with van der Waals surface area (Å²) in [5.41, 5.74) is 12.9. The van der Waals surface area contributed by atoms with Crippen molar-refractivity contribution in [3.05, 3.63) is 39.8 Å². The van der Waals surface area contributed by atoms with Gasteiger partial charge in [0.05, 0.1) is 11.5 Å². The zero-order chi connectivity index (χ0) is 11.6. The summed E-state index contributed by atoms with van der Waals surface area (Å²) in [5.74, 6) is -3.19. The van der Waals surface area contributed by atoms with Gasteiger partial charge in [0, 0.05) is 65.9 Å². The zero-order valence-electron chi connectivity index (χ0n) is 8.36. The summed E-state index contributed by atoms with van der Waals surface area (Å²) in [6.07, 6.45) is -0.613. The van der Waals surface area contributed by atoms with Crippen LogP contribution in [0.25, 0.3) is 11.5 Å². The predicted octanol–water partition coefficient (Wildman–Crippen LogP) is 1.13. The number of rotatable bonds is 2. The van der Waals surface area contributed by atoms with Crippen LogP contribution in [0.5, 0.6) is 0 Å². The fourth-order valence-corrected chi connectivity index (χ4v) is 1.04. The molecule has 0 saturated heterocycles. The summed E-state index contributed by atoms with van der Waals surface area (Å²) in [5, 5.41) is 19.8. The molecule has 0 bridgehead atoms. The Morgan fingerprint density at radius 3 is 2.59 bits per heavy atom. The molecule has 17 heavy (non-hydrogen) atoms. The van der Waals surface area contributed by atoms with Gasteiger partial charge in [-0.1, -0.05) is 0 Å². The van der Waals surface area contributed by atoms with Crippen LogP contribution in [-0.4, -0.2) is 5.91 Å². The maximum Gasteiger partial charge on any atom is 0.166 e. The molecule has 1 heterocycles. The number of hydrogen-bond acceptors (Lipinski definition) is 3. The summed E-state index contributed by atoms with van der Waals surface area (Å²) < 4.78 is 12.7. The van der Waals surface area contributed by atoms with E-state index in [0.29, 0.717) is 6.07 Å². The SMILES string of the molecule is N#Cc1cc(F)c([NH-])[n+]([O-])c1CC([NH-])=O.[W].[Y]. The van der Waals surface area contributed by atoms with Crippen molar-refractivity contribution in [1.82, 2.24) is 0 Å². The van der Waals surface area contributed by atoms with E-state index >= 15 is 0 Å². The van der Waals surface area contributed by atoms with Gasteiger partial charge in [0.2, 0.25) is 0 Å². The number of nitrogens with zero attached hydrogens (tertiary/aromatic N) is 2. The van der Waals surface area contributed by atoms with Gasteiger partial charge in [-0.3, -0.25) is 5.73 Å². The summed E-state index contributed by atoms with van der Waals surface area (Å²) in [7, 11) is 0. The van der Waals surface area contributed by atoms with Gasteiger partial charge in [0.1, 0.15) is 6.07 Å². The molecule has 0 unspecified atom stereocenters. The molecule has 1 amide bonds. The minimum atomic E-state index is -1.14. The summed E-state index contributed by atoms with van der Waals surface area (Å²) in [6, 6.07) is 2.23. The van der Waals surface area contributed by atoms with Crippen molar-refractivity contribution in [2.24, 2.45) is 0 Å². The number of carbonyl (C=O) groups is 1. The van der Waals surface area contributed by atoms with E-state index in [0.717, 1.165) is 0 Å². The molecule has 1 radical (unpaired) electrons. The Hall–Kier alpha value is -0.568. The minimum absolute atomic E-state index is 0. The molecule has 0 aliphatic carbocycles. The van der Waals surface area contributed by atoms with Gasteiger partial charge in [-0.15, -0.1) is 0 Å². The standard InChI is InChI=1S/C8H6FN4O2.W.Y/c9-5-1-4(3-10)6(2-7(11)14)13(15)8(5)12;;/h1,12H,2H2,(H2,11,14);;/q-1;;/p-1. The van der Waals surface area contributed by atoms with Gasteiger partial charge < -0.3 is 20.5 Å². The third kappa shape index (κ3) is 4.30. The topological polar surface area (TPSA) is 115 Å². The quantitative estimate of drug-likeness (QED) is 0.466. The molecule has 1 aromatic rings. The average molecular weight is 481 g/mol. The Bertz CT molecular complexity index is 478. The molecule has 1 rings (SSSR count). The van der Waals surface area contributed by atoms with Crippen molar-refractivity contribution in [3.8, 4) is 6.07 Å². The van der Waals surface area contributed by atoms with E-state index in [4.69, 9.17) is 16.7 Å². The number of nitrogens with one attached hydrogen (secondary N) is 2. The Kier molecular flexibility index (Phi) is 8.51. The van der Waals surface area contributed by atoms with Gasteiger partial charge in [0.15, 0.2) is 11.6 Å². The van der Waals surface area contributed by atoms with Crippen LogP contribution >= 0.6 is 0 Å². The van der Waals surface area contributed by atoms with Crippen molar-refractivity contribution in [2.45, 2.75) is 6.42 Å². The van der Waals surface area contributed by atoms with Gasteiger partial charge in [0.25, 0.3) is 0 Å². The van der Waals surface area contributed by atoms with E-state index in [9.17, 15) is 14.4 Å². The first kappa shape index (κ1) is 18.8. The fraction of sp³-hybridized carbons (Fsp3) is 0.125. The van der Waals surface area contributed by atoms with E-state index < -0.39 is 24.0 Å². The van der Waals surface area contributed by atoms with E-state index in [1.54, 1.807) is 0 Å². The van der Waals surface area contributed by atoms with Crippen molar-refractivity contribution in [3.63, 3.8) is 0 Å². The van der Waals surface area contributed by atoms with Crippen molar-refractivity contribution in [2.75, 3.05) is 0 Å². The van der Waals surface area contributed by atoms with E-state index in [1.165, 1.54) is 6.07 Å². The number of carbonyl (C=O) groups excluding carboxylic acids is 1. The van der Waals surface area contributed by atoms with E-state index in [2.05, 4.69) is 0 Å². The molecule has 0 aliphatic rings. The molecule has 87 valence electrons. The van der Waals surface area contributed by atoms with Gasteiger partial charge >= 0.3 is 0 Å². The fourth-order valence-electron chi connectivity index (χ4n) is 1.04. The monoisotopic (exact) mass is 481 g/mol. The van der Waals surface area contributed by atoms with E-state index in [-0.39, 0.29) is 69.8 Å². The van der Waals surface area contributed by atoms with Gasteiger partial charge in [-0.2, -0.15) is 5.26 Å². The van der Waals surface area contributed by atoms with Crippen LogP contribution in [-0.2, 0) is 65.0 Å². The number of halogens is 1. The van der Waals surface area contributed by atoms with Gasteiger partial charge in [-0.25, -0.2) is 4.39 Å². The van der Waals surface area contributed by atoms with E-state index in [1.807, 2.05) is 0 Å². The molecule has 9 heteroatoms. The van der Waals surface area contributed by atoms with Gasteiger partial charge in [-0.05, 0) is 6.07 Å². The molecule has 0 aromatic carbocycles. The second kappa shape index (κ2) is 7.70. The summed E-state index contributed by atoms with van der Waals surface area (Å²) in [4.78, 5) is 10.5. The van der Waals surface area contributed by atoms with Crippen LogP contribution in [0.1, 0.15) is 11.3 Å². The smallest absolute Gasteiger partial charge is 0.166 e. The third-order valence-corrected chi connectivity index (χ3v) is 1.70. The molecular weight excluding hydrogens is 476 g/mol. The largest absolute Gasteiger partial charge is 0.804 e. The molecule has 1 aromatic heterocycles. The van der Waals surface area contributed by atoms with Crippen LogP contribution in [0.15, 0.2) is 6.07 Å². The molecule has 0 aliphatic heterocycles. The molecule has 0 spiro atoms. The molecule has 2 N–H and O–H groups in total. The first-order valence-corrected chi connectivity index (χ1v) is 3.78. The maximum absolute atomic E-state index is 12.9. The summed E-state index contributed by atoms with van der Waals surface area (Å²) in [6.45, 7) is 0. The average Bonchev–Trinajstić information content (AvgIpc) is 2.18. The second-order valence-corrected chi connectivity index (χ2v) is 2.71. The molecule has 0 atom stereocenters. The number of aromatic nitrogens is 1. The van der Waals surface area contributed by atoms with Crippen LogP contribution in [0, 0.1) is 22.4 Å². The predicted molar refractivity (Wildman–Crippen MR) is 47.1 cm³/mol. The van der Waals surface area contributed by atoms with Crippen LogP contribution < -0.4 is 4.73 Å². The molecule has 0 saturated carbocycles. The molecule has 0 fully saturated rings. The maximum atomic E-state index is 12.9. The van der Waals surface area contributed by atoms with Crippen molar-refractivity contribution in [1.29, 1.82) is 5.26 Å². The summed E-state index contributed by atoms with van der Waals surface area (Å²) >= 11 is 0. The Balaban J connectivity index is 0. The first-order valence-electron chi connectivity index (χ1n) is 3.78. The minimum Gasteiger partial charge on any atom is -0.804 e. The Morgan fingerprint density at radius 1 is 1.65 bits per heavy atom. The van der Waals surface area contributed by atoms with Crippen LogP contribution in [0.3, 0.4) is 0 Å². The van der Waals surface area contributed by atoms with Crippen LogP contribution in [0.2, 0.25) is 0 Å². The Labute approximate surface area is 136 Å². The number of pyridine rings is 1. The number of amides is 1. The van der Waals surface area contributed by atoms with Crippen molar-refractivity contribution < 1.29 is 67.7 Å². The van der Waals surface area contributed by atoms with Crippen molar-refractivity contribution >= 4 is 11.7 Å². The number of hydrogen-bond donors (Lipinski definition) is 0. The van der Waals surface area contributed by atoms with Crippen LogP contribution in [0.4, 0.5) is 10.2 Å². The molecular formula is C8H5FN4O2WY-2. The zero-order valence-corrected chi connectivity index (χ0v) is 14.1. The third-order valence-electron chi connectivity index (χ3n) is 1.70. The molecule has 6 nitrogen and oxygen atoms in total. The second-order valence-electron chi connectivity index (χ2n) is 2.71. The number of nitriles is 1.